The van der Waals surface area contributed by atoms with Gasteiger partial charge in [0.25, 0.3) is 5.56 Å². The first kappa shape index (κ1) is 14.4. The lowest BCUT2D eigenvalue weighted by Gasteiger charge is -1.89. The highest BCUT2D eigenvalue weighted by Gasteiger charge is 2.06. The van der Waals surface area contributed by atoms with E-state index in [4.69, 9.17) is 20.6 Å². The van der Waals surface area contributed by atoms with Crippen LogP contribution in [0.2, 0.25) is 5.15 Å². The number of fused-ring (bicyclic) bond motifs is 2. The molecule has 0 atom stereocenters. The van der Waals surface area contributed by atoms with E-state index in [0.717, 1.165) is 22.1 Å². The molecule has 0 aliphatic heterocycles. The van der Waals surface area contributed by atoms with Crippen LogP contribution >= 0.6 is 11.6 Å². The Hall–Kier alpha value is -2.53. The zero-order valence-electron chi connectivity index (χ0n) is 12.0. The van der Waals surface area contributed by atoms with E-state index in [2.05, 4.69) is 10.3 Å². The molecule has 2 aromatic carbocycles. The highest BCUT2D eigenvalue weighted by atomic mass is 35.5. The lowest BCUT2D eigenvalue weighted by atomic mass is 10.2. The van der Waals surface area contributed by atoms with Crippen molar-refractivity contribution in [3.05, 3.63) is 63.0 Å². The maximum absolute atomic E-state index is 11.0. The second-order valence-corrected chi connectivity index (χ2v) is 5.27. The number of aryl methyl sites for hydroxylation is 2. The number of halogens is 1. The Morgan fingerprint density at radius 3 is 2.27 bits per heavy atom. The third kappa shape index (κ3) is 2.51. The number of hydrogen-bond acceptors (Lipinski definition) is 4. The van der Waals surface area contributed by atoms with Crippen molar-refractivity contribution in [1.82, 2.24) is 10.3 Å². The number of H-pyrrole nitrogens is 1. The Morgan fingerprint density at radius 1 is 1.00 bits per heavy atom. The Kier molecular flexibility index (Phi) is 3.73. The fourth-order valence-electron chi connectivity index (χ4n) is 2.19. The predicted molar refractivity (Wildman–Crippen MR) is 85.3 cm³/mol. The SMILES string of the molecule is Cc1cccc2c(=O)[nH]oc12.Cc1cccc2c(Cl)noc12. The molecule has 112 valence electrons. The molecule has 4 aromatic rings. The molecule has 5 nitrogen and oxygen atoms in total. The maximum Gasteiger partial charge on any atom is 0.287 e. The first-order chi connectivity index (χ1) is 10.6. The molecule has 4 rings (SSSR count). The average Bonchev–Trinajstić information content (AvgIpc) is 3.07. The van der Waals surface area contributed by atoms with Crippen LogP contribution in [0, 0.1) is 13.8 Å². The smallest absolute Gasteiger partial charge is 0.287 e. The van der Waals surface area contributed by atoms with E-state index < -0.39 is 0 Å². The summed E-state index contributed by atoms with van der Waals surface area (Å²) in [5.41, 5.74) is 3.29. The molecule has 0 unspecified atom stereocenters. The molecule has 22 heavy (non-hydrogen) atoms. The summed E-state index contributed by atoms with van der Waals surface area (Å²) in [6.45, 7) is 3.86. The van der Waals surface area contributed by atoms with Crippen LogP contribution in [0.4, 0.5) is 0 Å². The van der Waals surface area contributed by atoms with E-state index in [0.29, 0.717) is 16.1 Å². The molecule has 0 saturated heterocycles. The Balaban J connectivity index is 0.000000131. The molecule has 0 aliphatic rings. The van der Waals surface area contributed by atoms with Gasteiger partial charge in [0, 0.05) is 0 Å². The van der Waals surface area contributed by atoms with Crippen LogP contribution in [-0.4, -0.2) is 10.3 Å². The van der Waals surface area contributed by atoms with Crippen LogP contribution < -0.4 is 5.56 Å². The first-order valence-corrected chi connectivity index (χ1v) is 7.03. The second kappa shape index (κ2) is 5.69. The van der Waals surface area contributed by atoms with Crippen LogP contribution in [0.5, 0.6) is 0 Å². The highest BCUT2D eigenvalue weighted by Crippen LogP contribution is 2.24. The molecule has 2 heterocycles. The van der Waals surface area contributed by atoms with E-state index in [-0.39, 0.29) is 5.56 Å². The van der Waals surface area contributed by atoms with Crippen LogP contribution in [0.1, 0.15) is 11.1 Å². The van der Waals surface area contributed by atoms with Crippen LogP contribution in [-0.2, 0) is 0 Å². The molecule has 0 spiro atoms. The normalized spacial score (nSPS) is 10.7. The molecular weight excluding hydrogens is 304 g/mol. The van der Waals surface area contributed by atoms with Crippen molar-refractivity contribution in [2.45, 2.75) is 13.8 Å². The number of para-hydroxylation sites is 2. The van der Waals surface area contributed by atoms with Gasteiger partial charge in [-0.3, -0.25) is 4.79 Å². The van der Waals surface area contributed by atoms with Gasteiger partial charge in [-0.15, -0.1) is 0 Å². The lowest BCUT2D eigenvalue weighted by Crippen LogP contribution is -1.95. The van der Waals surface area contributed by atoms with Gasteiger partial charge in [-0.2, -0.15) is 5.16 Å². The molecule has 6 heteroatoms. The van der Waals surface area contributed by atoms with Crippen molar-refractivity contribution >= 4 is 33.5 Å². The number of aromatic amines is 1. The van der Waals surface area contributed by atoms with E-state index >= 15 is 0 Å². The van der Waals surface area contributed by atoms with Gasteiger partial charge in [0.05, 0.1) is 10.8 Å². The predicted octanol–water partition coefficient (Wildman–Crippen LogP) is 4.22. The molecule has 2 aromatic heterocycles. The van der Waals surface area contributed by atoms with Gasteiger partial charge in [-0.25, -0.2) is 0 Å². The van der Waals surface area contributed by atoms with Crippen molar-refractivity contribution in [1.29, 1.82) is 0 Å². The Labute approximate surface area is 130 Å². The summed E-state index contributed by atoms with van der Waals surface area (Å²) in [7, 11) is 0. The van der Waals surface area contributed by atoms with Crippen LogP contribution in [0.25, 0.3) is 21.9 Å². The maximum atomic E-state index is 11.0. The number of hydrogen-bond donors (Lipinski definition) is 1. The summed E-state index contributed by atoms with van der Waals surface area (Å²) >= 11 is 5.74. The summed E-state index contributed by atoms with van der Waals surface area (Å²) in [4.78, 5) is 11.0. The van der Waals surface area contributed by atoms with Crippen LogP contribution in [0.3, 0.4) is 0 Å². The standard InChI is InChI=1S/C8H6ClNO.C8H7NO2/c1-5-3-2-4-6-7(5)11-10-8(6)9;1-5-3-2-4-6-7(5)11-9-8(6)10/h2-4H,1H3;2-4H,1H3,(H,9,10). The average molecular weight is 317 g/mol. The minimum Gasteiger partial charge on any atom is -0.378 e. The number of rotatable bonds is 0. The summed E-state index contributed by atoms with van der Waals surface area (Å²) in [5, 5.41) is 7.86. The van der Waals surface area contributed by atoms with Crippen molar-refractivity contribution in [2.75, 3.05) is 0 Å². The molecule has 0 saturated carbocycles. The quantitative estimate of drug-likeness (QED) is 0.527. The number of benzene rings is 2. The second-order valence-electron chi connectivity index (χ2n) is 4.91. The van der Waals surface area contributed by atoms with E-state index in [1.54, 1.807) is 6.07 Å². The van der Waals surface area contributed by atoms with Gasteiger partial charge in [0.15, 0.2) is 16.3 Å². The first-order valence-electron chi connectivity index (χ1n) is 6.65. The van der Waals surface area contributed by atoms with E-state index in [9.17, 15) is 4.79 Å². The zero-order chi connectivity index (χ0) is 15.7. The number of nitrogens with zero attached hydrogens (tertiary/aromatic N) is 1. The number of aromatic nitrogens is 2. The van der Waals surface area contributed by atoms with Gasteiger partial charge in [0.1, 0.15) is 0 Å². The summed E-state index contributed by atoms with van der Waals surface area (Å²) in [6, 6.07) is 11.3. The molecule has 0 amide bonds. The van der Waals surface area contributed by atoms with Gasteiger partial charge < -0.3 is 9.05 Å². The van der Waals surface area contributed by atoms with Gasteiger partial charge >= 0.3 is 0 Å². The third-order valence-electron chi connectivity index (χ3n) is 3.35. The van der Waals surface area contributed by atoms with Gasteiger partial charge in [0.2, 0.25) is 0 Å². The van der Waals surface area contributed by atoms with E-state index in [1.165, 1.54) is 0 Å². The molecule has 0 aliphatic carbocycles. The van der Waals surface area contributed by atoms with Crippen molar-refractivity contribution in [3.63, 3.8) is 0 Å². The molecule has 0 radical (unpaired) electrons. The minimum atomic E-state index is -0.163. The van der Waals surface area contributed by atoms with Gasteiger partial charge in [-0.1, -0.05) is 41.0 Å². The summed E-state index contributed by atoms with van der Waals surface area (Å²) < 4.78 is 9.94. The molecule has 0 fully saturated rings. The fraction of sp³-hybridized carbons (Fsp3) is 0.125. The van der Waals surface area contributed by atoms with E-state index in [1.807, 2.05) is 44.2 Å². The lowest BCUT2D eigenvalue weighted by molar-refractivity contribution is 0.447. The molecular formula is C16H13ClN2O3. The highest BCUT2D eigenvalue weighted by molar-refractivity contribution is 6.34. The Bertz CT molecular complexity index is 997. The number of nitrogens with one attached hydrogen (secondary N) is 1. The fourth-order valence-corrected chi connectivity index (χ4v) is 2.37. The van der Waals surface area contributed by atoms with Crippen molar-refractivity contribution in [2.24, 2.45) is 0 Å². The zero-order valence-corrected chi connectivity index (χ0v) is 12.8. The molecule has 0 bridgehead atoms. The monoisotopic (exact) mass is 316 g/mol. The Morgan fingerprint density at radius 2 is 1.64 bits per heavy atom. The minimum absolute atomic E-state index is 0.163. The summed E-state index contributed by atoms with van der Waals surface area (Å²) in [5.74, 6) is 0. The van der Waals surface area contributed by atoms with Crippen molar-refractivity contribution < 1.29 is 9.05 Å². The third-order valence-corrected chi connectivity index (χ3v) is 3.63. The van der Waals surface area contributed by atoms with Gasteiger partial charge in [-0.05, 0) is 37.1 Å². The topological polar surface area (TPSA) is 72.0 Å². The molecule has 1 N–H and O–H groups in total. The van der Waals surface area contributed by atoms with Crippen molar-refractivity contribution in [3.8, 4) is 0 Å². The largest absolute Gasteiger partial charge is 0.378 e. The summed E-state index contributed by atoms with van der Waals surface area (Å²) in [6.07, 6.45) is 0. The van der Waals surface area contributed by atoms with Crippen LogP contribution in [0.15, 0.2) is 50.2 Å².